The first-order valence-electron chi connectivity index (χ1n) is 7.36. The molecule has 1 aliphatic carbocycles. The van der Waals surface area contributed by atoms with E-state index in [2.05, 4.69) is 30.6 Å². The van der Waals surface area contributed by atoms with E-state index in [1.807, 2.05) is 12.1 Å². The molecule has 3 aromatic rings. The van der Waals surface area contributed by atoms with Crippen molar-refractivity contribution in [2.24, 2.45) is 0 Å². The van der Waals surface area contributed by atoms with Gasteiger partial charge in [0.15, 0.2) is 11.5 Å². The molecule has 0 radical (unpaired) electrons. The number of nitrogens with zero attached hydrogens (tertiary/aromatic N) is 6. The van der Waals surface area contributed by atoms with E-state index in [0.29, 0.717) is 12.5 Å². The molecule has 0 unspecified atom stereocenters. The Kier molecular flexibility index (Phi) is 3.06. The van der Waals surface area contributed by atoms with Crippen molar-refractivity contribution in [3.05, 3.63) is 35.4 Å². The molecule has 0 aromatic carbocycles. The van der Waals surface area contributed by atoms with E-state index >= 15 is 0 Å². The van der Waals surface area contributed by atoms with Gasteiger partial charge in [-0.1, -0.05) is 0 Å². The molecule has 0 aliphatic heterocycles. The van der Waals surface area contributed by atoms with Crippen LogP contribution in [0.5, 0.6) is 0 Å². The Morgan fingerprint density at radius 2 is 2.09 bits per heavy atom. The molecule has 3 heterocycles. The Morgan fingerprint density at radius 3 is 3.05 bits per heavy atom. The van der Waals surface area contributed by atoms with Crippen LogP contribution in [0, 0.1) is 0 Å². The third kappa shape index (κ3) is 2.22. The summed E-state index contributed by atoms with van der Waals surface area (Å²) in [5.74, 6) is 1.85. The zero-order valence-corrected chi connectivity index (χ0v) is 12.0. The van der Waals surface area contributed by atoms with E-state index < -0.39 is 0 Å². The van der Waals surface area contributed by atoms with Crippen molar-refractivity contribution in [2.75, 3.05) is 11.1 Å². The van der Waals surface area contributed by atoms with Crippen LogP contribution in [0.25, 0.3) is 5.65 Å². The molecule has 0 fully saturated rings. The number of hydrogen-bond donors (Lipinski definition) is 2. The van der Waals surface area contributed by atoms with Crippen molar-refractivity contribution in [2.45, 2.75) is 32.2 Å². The Morgan fingerprint density at radius 1 is 1.18 bits per heavy atom. The molecular weight excluding hydrogens is 280 g/mol. The highest BCUT2D eigenvalue weighted by Gasteiger charge is 2.17. The maximum Gasteiger partial charge on any atom is 0.222 e. The molecule has 3 aromatic heterocycles. The number of fused-ring (bicyclic) bond motifs is 2. The van der Waals surface area contributed by atoms with Gasteiger partial charge in [-0.25, -0.2) is 4.98 Å². The van der Waals surface area contributed by atoms with Gasteiger partial charge >= 0.3 is 0 Å². The van der Waals surface area contributed by atoms with Gasteiger partial charge in [0.25, 0.3) is 0 Å². The molecule has 0 saturated carbocycles. The summed E-state index contributed by atoms with van der Waals surface area (Å²) in [4.78, 5) is 8.69. The van der Waals surface area contributed by atoms with Crippen LogP contribution in [0.15, 0.2) is 18.3 Å². The van der Waals surface area contributed by atoms with Gasteiger partial charge in [0.05, 0.1) is 12.2 Å². The van der Waals surface area contributed by atoms with E-state index in [4.69, 9.17) is 5.73 Å². The molecule has 0 atom stereocenters. The molecule has 1 aliphatic rings. The lowest BCUT2D eigenvalue weighted by atomic mass is 9.96. The Labute approximate surface area is 126 Å². The van der Waals surface area contributed by atoms with Crippen molar-refractivity contribution in [3.8, 4) is 0 Å². The summed E-state index contributed by atoms with van der Waals surface area (Å²) in [6.07, 6.45) is 5.97. The van der Waals surface area contributed by atoms with Crippen molar-refractivity contribution in [3.63, 3.8) is 0 Å². The summed E-state index contributed by atoms with van der Waals surface area (Å²) < 4.78 is 1.71. The van der Waals surface area contributed by atoms with E-state index in [1.54, 1.807) is 10.7 Å². The molecule has 8 nitrogen and oxygen atoms in total. The van der Waals surface area contributed by atoms with E-state index in [1.165, 1.54) is 5.56 Å². The minimum Gasteiger partial charge on any atom is -0.368 e. The quantitative estimate of drug-likeness (QED) is 0.742. The Balaban J connectivity index is 1.63. The number of rotatable bonds is 3. The van der Waals surface area contributed by atoms with Gasteiger partial charge < -0.3 is 11.1 Å². The number of anilines is 2. The first-order valence-corrected chi connectivity index (χ1v) is 7.36. The van der Waals surface area contributed by atoms with Gasteiger partial charge in [-0.15, -0.1) is 10.2 Å². The molecule has 112 valence electrons. The minimum absolute atomic E-state index is 0.312. The third-order valence-electron chi connectivity index (χ3n) is 3.86. The molecular formula is C14H16N8. The monoisotopic (exact) mass is 296 g/mol. The average Bonchev–Trinajstić information content (AvgIpc) is 2.96. The van der Waals surface area contributed by atoms with E-state index in [0.717, 1.165) is 48.7 Å². The van der Waals surface area contributed by atoms with Crippen molar-refractivity contribution in [1.82, 2.24) is 29.8 Å². The molecule has 0 spiro atoms. The maximum atomic E-state index is 5.81. The second-order valence-corrected chi connectivity index (χ2v) is 5.33. The summed E-state index contributed by atoms with van der Waals surface area (Å²) >= 11 is 0. The number of nitrogen functional groups attached to an aromatic ring is 1. The fourth-order valence-electron chi connectivity index (χ4n) is 2.82. The van der Waals surface area contributed by atoms with Gasteiger partial charge in [0.1, 0.15) is 5.82 Å². The molecule has 22 heavy (non-hydrogen) atoms. The van der Waals surface area contributed by atoms with Crippen molar-refractivity contribution < 1.29 is 0 Å². The van der Waals surface area contributed by atoms with E-state index in [-0.39, 0.29) is 0 Å². The zero-order chi connectivity index (χ0) is 14.9. The van der Waals surface area contributed by atoms with E-state index in [9.17, 15) is 0 Å². The summed E-state index contributed by atoms with van der Waals surface area (Å²) in [6, 6.07) is 3.71. The fourth-order valence-corrected chi connectivity index (χ4v) is 2.82. The Hall–Kier alpha value is -2.77. The van der Waals surface area contributed by atoms with Gasteiger partial charge in [0.2, 0.25) is 5.95 Å². The minimum atomic E-state index is 0.312. The standard InChI is InChI=1S/C14H16N8/c15-14-18-10-5-2-1-4-9(10)13(19-14)16-8-12-21-20-11-6-3-7-17-22(11)12/h3,6-7H,1-2,4-5,8H2,(H3,15,16,18,19). The number of nitrogens with two attached hydrogens (primary N) is 1. The lowest BCUT2D eigenvalue weighted by Crippen LogP contribution is -2.15. The largest absolute Gasteiger partial charge is 0.368 e. The number of nitrogens with one attached hydrogen (secondary N) is 1. The summed E-state index contributed by atoms with van der Waals surface area (Å²) in [6.45, 7) is 0.487. The lowest BCUT2D eigenvalue weighted by molar-refractivity contribution is 0.664. The van der Waals surface area contributed by atoms with Crippen molar-refractivity contribution >= 4 is 17.4 Å². The highest BCUT2D eigenvalue weighted by molar-refractivity contribution is 5.50. The number of hydrogen-bond acceptors (Lipinski definition) is 7. The summed E-state index contributed by atoms with van der Waals surface area (Å²) in [7, 11) is 0. The summed E-state index contributed by atoms with van der Waals surface area (Å²) in [5, 5.41) is 15.8. The van der Waals surface area contributed by atoms with Crippen LogP contribution in [0.2, 0.25) is 0 Å². The molecule has 0 amide bonds. The molecule has 0 saturated heterocycles. The highest BCUT2D eigenvalue weighted by Crippen LogP contribution is 2.26. The smallest absolute Gasteiger partial charge is 0.222 e. The SMILES string of the molecule is Nc1nc2c(c(NCc3nnc4cccnn34)n1)CCCC2. The predicted octanol–water partition coefficient (Wildman–Crippen LogP) is 0.987. The average molecular weight is 296 g/mol. The Bertz CT molecular complexity index is 825. The normalized spacial score (nSPS) is 14.0. The topological polar surface area (TPSA) is 107 Å². The van der Waals surface area contributed by atoms with Crippen LogP contribution < -0.4 is 11.1 Å². The van der Waals surface area contributed by atoms with Crippen LogP contribution in [-0.2, 0) is 19.4 Å². The maximum absolute atomic E-state index is 5.81. The van der Waals surface area contributed by atoms with Crippen LogP contribution in [0.1, 0.15) is 29.9 Å². The van der Waals surface area contributed by atoms with Gasteiger partial charge in [0, 0.05) is 11.8 Å². The first-order chi connectivity index (χ1) is 10.8. The van der Waals surface area contributed by atoms with Gasteiger partial charge in [-0.2, -0.15) is 14.6 Å². The van der Waals surface area contributed by atoms with Crippen molar-refractivity contribution in [1.29, 1.82) is 0 Å². The summed E-state index contributed by atoms with van der Waals surface area (Å²) in [5.41, 5.74) is 8.77. The van der Waals surface area contributed by atoms with Crippen LogP contribution >= 0.6 is 0 Å². The van der Waals surface area contributed by atoms with Gasteiger partial charge in [-0.3, -0.25) is 0 Å². The first kappa shape index (κ1) is 12.9. The van der Waals surface area contributed by atoms with Crippen LogP contribution in [-0.4, -0.2) is 29.8 Å². The molecule has 4 rings (SSSR count). The zero-order valence-electron chi connectivity index (χ0n) is 12.0. The van der Waals surface area contributed by atoms with Gasteiger partial charge in [-0.05, 0) is 37.8 Å². The molecule has 3 N–H and O–H groups in total. The third-order valence-corrected chi connectivity index (χ3v) is 3.86. The molecule has 0 bridgehead atoms. The second-order valence-electron chi connectivity index (χ2n) is 5.33. The van der Waals surface area contributed by atoms with Crippen LogP contribution in [0.3, 0.4) is 0 Å². The predicted molar refractivity (Wildman–Crippen MR) is 81.2 cm³/mol. The fraction of sp³-hybridized carbons (Fsp3) is 0.357. The van der Waals surface area contributed by atoms with Crippen LogP contribution in [0.4, 0.5) is 11.8 Å². The number of aromatic nitrogens is 6. The molecule has 8 heteroatoms. The lowest BCUT2D eigenvalue weighted by Gasteiger charge is -2.18. The highest BCUT2D eigenvalue weighted by atomic mass is 15.4. The second kappa shape index (κ2) is 5.21. The number of aryl methyl sites for hydroxylation is 1.